The van der Waals surface area contributed by atoms with Crippen molar-refractivity contribution in [1.82, 2.24) is 0 Å². The van der Waals surface area contributed by atoms with Gasteiger partial charge in [0.05, 0.1) is 11.1 Å². The molecule has 0 heterocycles. The third kappa shape index (κ3) is 4.62. The summed E-state index contributed by atoms with van der Waals surface area (Å²) >= 11 is 0. The molecule has 0 saturated carbocycles. The van der Waals surface area contributed by atoms with E-state index in [-0.39, 0.29) is 11.6 Å². The fourth-order valence-electron chi connectivity index (χ4n) is 1.65. The zero-order valence-electron chi connectivity index (χ0n) is 10.7. The van der Waals surface area contributed by atoms with E-state index >= 15 is 0 Å². The molecule has 1 atom stereocenters. The first-order valence-electron chi connectivity index (χ1n) is 5.55. The molecule has 1 aromatic carbocycles. The van der Waals surface area contributed by atoms with Crippen molar-refractivity contribution >= 4 is 5.91 Å². The van der Waals surface area contributed by atoms with Crippen LogP contribution < -0.4 is 5.73 Å². The number of ether oxygens (including phenoxy) is 1. The summed E-state index contributed by atoms with van der Waals surface area (Å²) < 4.78 is 80.4. The van der Waals surface area contributed by atoms with Crippen molar-refractivity contribution in [3.05, 3.63) is 34.9 Å². The molecule has 9 heteroatoms. The molecule has 0 bridgehead atoms. The van der Waals surface area contributed by atoms with Crippen LogP contribution in [0.4, 0.5) is 26.3 Å². The van der Waals surface area contributed by atoms with E-state index in [0.29, 0.717) is 12.1 Å². The van der Waals surface area contributed by atoms with Crippen LogP contribution in [0.3, 0.4) is 0 Å². The normalized spacial score (nSPS) is 14.0. The highest BCUT2D eigenvalue weighted by Gasteiger charge is 2.37. The van der Waals surface area contributed by atoms with Crippen molar-refractivity contribution in [2.24, 2.45) is 5.73 Å². The lowest BCUT2D eigenvalue weighted by molar-refractivity contribution is -0.143. The molecule has 0 spiro atoms. The van der Waals surface area contributed by atoms with Crippen LogP contribution in [0.1, 0.15) is 16.7 Å². The number of carbonyl (C=O) groups is 1. The van der Waals surface area contributed by atoms with E-state index in [1.165, 1.54) is 0 Å². The molecule has 118 valence electrons. The average Bonchev–Trinajstić information content (AvgIpc) is 2.33. The van der Waals surface area contributed by atoms with E-state index in [1.54, 1.807) is 0 Å². The van der Waals surface area contributed by atoms with Crippen molar-refractivity contribution in [3.8, 4) is 0 Å². The minimum atomic E-state index is -4.94. The lowest BCUT2D eigenvalue weighted by atomic mass is 10.00. The van der Waals surface area contributed by atoms with Gasteiger partial charge in [0, 0.05) is 13.5 Å². The van der Waals surface area contributed by atoms with Crippen LogP contribution in [-0.4, -0.2) is 19.1 Å². The second kappa shape index (κ2) is 5.92. The van der Waals surface area contributed by atoms with E-state index < -0.39 is 41.9 Å². The van der Waals surface area contributed by atoms with Crippen LogP contribution in [0.5, 0.6) is 0 Å². The Kier molecular flexibility index (Phi) is 4.87. The molecule has 2 N–H and O–H groups in total. The molecule has 1 aromatic rings. The van der Waals surface area contributed by atoms with Gasteiger partial charge in [-0.3, -0.25) is 4.79 Å². The summed E-state index contributed by atoms with van der Waals surface area (Å²) in [6, 6.07) is 1.07. The first kappa shape index (κ1) is 17.3. The molecular formula is C12H11F6NO2. The highest BCUT2D eigenvalue weighted by molar-refractivity contribution is 5.79. The van der Waals surface area contributed by atoms with Gasteiger partial charge in [0.25, 0.3) is 0 Å². The minimum Gasteiger partial charge on any atom is -0.371 e. The maximum absolute atomic E-state index is 12.6. The van der Waals surface area contributed by atoms with Gasteiger partial charge in [0.15, 0.2) is 0 Å². The monoisotopic (exact) mass is 315 g/mol. The number of nitrogens with two attached hydrogens (primary N) is 1. The first-order valence-corrected chi connectivity index (χ1v) is 5.55. The van der Waals surface area contributed by atoms with E-state index in [4.69, 9.17) is 5.73 Å². The Balaban J connectivity index is 3.29. The van der Waals surface area contributed by atoms with Gasteiger partial charge >= 0.3 is 12.4 Å². The summed E-state index contributed by atoms with van der Waals surface area (Å²) in [5, 5.41) is 0. The molecule has 0 aliphatic heterocycles. The van der Waals surface area contributed by atoms with Gasteiger partial charge in [-0.25, -0.2) is 0 Å². The number of hydrogen-bond acceptors (Lipinski definition) is 2. The van der Waals surface area contributed by atoms with Crippen LogP contribution in [0.15, 0.2) is 18.2 Å². The number of amides is 1. The molecule has 1 unspecified atom stereocenters. The molecule has 21 heavy (non-hydrogen) atoms. The highest BCUT2D eigenvalue weighted by atomic mass is 19.4. The topological polar surface area (TPSA) is 52.3 Å². The Morgan fingerprint density at radius 2 is 1.52 bits per heavy atom. The summed E-state index contributed by atoms with van der Waals surface area (Å²) in [5.74, 6) is -0.983. The van der Waals surface area contributed by atoms with E-state index in [0.717, 1.165) is 7.11 Å². The molecule has 0 saturated heterocycles. The van der Waals surface area contributed by atoms with Crippen LogP contribution in [-0.2, 0) is 28.3 Å². The lowest BCUT2D eigenvalue weighted by Gasteiger charge is -2.16. The zero-order valence-corrected chi connectivity index (χ0v) is 10.7. The number of alkyl halides is 6. The Hall–Kier alpha value is -1.77. The number of benzene rings is 1. The van der Waals surface area contributed by atoms with Crippen LogP contribution in [0.25, 0.3) is 0 Å². The predicted molar refractivity (Wildman–Crippen MR) is 60.1 cm³/mol. The molecule has 0 radical (unpaired) electrons. The summed E-state index contributed by atoms with van der Waals surface area (Å²) in [5.41, 5.74) is 1.69. The van der Waals surface area contributed by atoms with E-state index in [2.05, 4.69) is 4.74 Å². The van der Waals surface area contributed by atoms with Crippen molar-refractivity contribution in [3.63, 3.8) is 0 Å². The van der Waals surface area contributed by atoms with Gasteiger partial charge in [0.1, 0.15) is 6.10 Å². The molecule has 1 amide bonds. The highest BCUT2D eigenvalue weighted by Crippen LogP contribution is 2.36. The van der Waals surface area contributed by atoms with E-state index in [9.17, 15) is 31.1 Å². The predicted octanol–water partition coefficient (Wildman–Crippen LogP) is 2.77. The molecule has 0 aliphatic rings. The first-order chi connectivity index (χ1) is 9.45. The van der Waals surface area contributed by atoms with Crippen molar-refractivity contribution in [2.75, 3.05) is 7.11 Å². The summed E-state index contributed by atoms with van der Waals surface area (Å²) in [6.07, 6.45) is -11.7. The number of halogens is 6. The molecule has 3 nitrogen and oxygen atoms in total. The third-order valence-corrected chi connectivity index (χ3v) is 2.67. The maximum atomic E-state index is 12.6. The molecule has 0 aromatic heterocycles. The SMILES string of the molecule is COC(Cc1cc(C(F)(F)F)cc(C(F)(F)F)c1)C(N)=O. The number of carbonyl (C=O) groups excluding carboxylic acids is 1. The van der Waals surface area contributed by atoms with Gasteiger partial charge in [-0.1, -0.05) is 0 Å². The zero-order chi connectivity index (χ0) is 16.4. The second-order valence-corrected chi connectivity index (χ2v) is 4.24. The lowest BCUT2D eigenvalue weighted by Crippen LogP contribution is -2.32. The fourth-order valence-corrected chi connectivity index (χ4v) is 1.65. The number of rotatable bonds is 4. The summed E-state index contributed by atoms with van der Waals surface area (Å²) in [6.45, 7) is 0. The van der Waals surface area contributed by atoms with Crippen molar-refractivity contribution in [1.29, 1.82) is 0 Å². The number of methoxy groups -OCH3 is 1. The van der Waals surface area contributed by atoms with Gasteiger partial charge in [-0.15, -0.1) is 0 Å². The Morgan fingerprint density at radius 3 is 1.81 bits per heavy atom. The second-order valence-electron chi connectivity index (χ2n) is 4.24. The molecule has 0 fully saturated rings. The van der Waals surface area contributed by atoms with Gasteiger partial charge in [-0.05, 0) is 23.8 Å². The third-order valence-electron chi connectivity index (χ3n) is 2.67. The van der Waals surface area contributed by atoms with Gasteiger partial charge in [0.2, 0.25) is 5.91 Å². The Bertz CT molecular complexity index is 491. The smallest absolute Gasteiger partial charge is 0.371 e. The fraction of sp³-hybridized carbons (Fsp3) is 0.417. The minimum absolute atomic E-state index is 0.00950. The molecular weight excluding hydrogens is 304 g/mol. The summed E-state index contributed by atoms with van der Waals surface area (Å²) in [4.78, 5) is 11.0. The molecule has 1 rings (SSSR count). The van der Waals surface area contributed by atoms with Gasteiger partial charge < -0.3 is 10.5 Å². The van der Waals surface area contributed by atoms with Crippen LogP contribution in [0, 0.1) is 0 Å². The van der Waals surface area contributed by atoms with Crippen molar-refractivity contribution < 1.29 is 35.9 Å². The number of primary amides is 1. The molecule has 0 aliphatic carbocycles. The Morgan fingerprint density at radius 1 is 1.10 bits per heavy atom. The van der Waals surface area contributed by atoms with Crippen LogP contribution in [0.2, 0.25) is 0 Å². The van der Waals surface area contributed by atoms with E-state index in [1.807, 2.05) is 0 Å². The van der Waals surface area contributed by atoms with Crippen molar-refractivity contribution in [2.45, 2.75) is 24.9 Å². The van der Waals surface area contributed by atoms with Gasteiger partial charge in [-0.2, -0.15) is 26.3 Å². The van der Waals surface area contributed by atoms with Crippen LogP contribution >= 0.6 is 0 Å². The summed E-state index contributed by atoms with van der Waals surface area (Å²) in [7, 11) is 1.08. The quantitative estimate of drug-likeness (QED) is 0.869. The Labute approximate surface area is 115 Å². The average molecular weight is 315 g/mol. The largest absolute Gasteiger partial charge is 0.416 e. The number of hydrogen-bond donors (Lipinski definition) is 1. The standard InChI is InChI=1S/C12H11F6NO2/c1-21-9(10(19)20)4-6-2-7(11(13,14)15)5-8(3-6)12(16,17)18/h2-3,5,9H,4H2,1H3,(H2,19,20). The maximum Gasteiger partial charge on any atom is 0.416 e.